The smallest absolute Gasteiger partial charge is 0.274 e. The van der Waals surface area contributed by atoms with E-state index in [0.717, 1.165) is 6.42 Å². The minimum Gasteiger partial charge on any atom is -0.354 e. The van der Waals surface area contributed by atoms with Gasteiger partial charge in [-0.3, -0.25) is 24.2 Å². The lowest BCUT2D eigenvalue weighted by Crippen LogP contribution is -2.64. The molecule has 3 rings (SSSR count). The first-order valence-electron chi connectivity index (χ1n) is 9.14. The number of piperidine rings is 1. The highest BCUT2D eigenvalue weighted by molar-refractivity contribution is 5.97. The highest BCUT2D eigenvalue weighted by Gasteiger charge is 2.39. The summed E-state index contributed by atoms with van der Waals surface area (Å²) < 4.78 is 0. The Balaban J connectivity index is 1.79. The zero-order valence-corrected chi connectivity index (χ0v) is 15.3. The number of carbonyl (C=O) groups excluding carboxylic acids is 4. The van der Waals surface area contributed by atoms with E-state index in [1.54, 1.807) is 0 Å². The van der Waals surface area contributed by atoms with Crippen molar-refractivity contribution in [1.29, 1.82) is 0 Å². The highest BCUT2D eigenvalue weighted by atomic mass is 16.2. The fourth-order valence-corrected chi connectivity index (χ4v) is 3.34. The van der Waals surface area contributed by atoms with Crippen LogP contribution in [0.25, 0.3) is 0 Å². The third-order valence-electron chi connectivity index (χ3n) is 4.86. The number of amides is 4. The lowest BCUT2D eigenvalue weighted by molar-refractivity contribution is -0.138. The summed E-state index contributed by atoms with van der Waals surface area (Å²) in [5, 5.41) is 5.40. The number of hydrogen-bond acceptors (Lipinski definition) is 7. The summed E-state index contributed by atoms with van der Waals surface area (Å²) in [6.07, 6.45) is 5.43. The summed E-state index contributed by atoms with van der Waals surface area (Å²) in [7, 11) is 0. The van der Waals surface area contributed by atoms with Gasteiger partial charge in [-0.1, -0.05) is 0 Å². The third kappa shape index (κ3) is 4.25. The Bertz CT molecular complexity index is 757. The molecule has 0 aliphatic carbocycles. The van der Waals surface area contributed by atoms with Crippen LogP contribution >= 0.6 is 0 Å². The molecular formula is C17H23N7O4. The number of nitrogens with zero attached hydrogens (tertiary/aromatic N) is 4. The van der Waals surface area contributed by atoms with E-state index >= 15 is 0 Å². The summed E-state index contributed by atoms with van der Waals surface area (Å²) >= 11 is 0. The largest absolute Gasteiger partial charge is 0.354 e. The Morgan fingerprint density at radius 2 is 2.11 bits per heavy atom. The van der Waals surface area contributed by atoms with E-state index in [4.69, 9.17) is 5.73 Å². The van der Waals surface area contributed by atoms with Gasteiger partial charge >= 0.3 is 0 Å². The molecule has 2 atom stereocenters. The molecule has 2 fully saturated rings. The average molecular weight is 389 g/mol. The summed E-state index contributed by atoms with van der Waals surface area (Å²) in [5.41, 5.74) is 5.54. The number of nitrogens with two attached hydrogens (primary N) is 1. The van der Waals surface area contributed by atoms with Crippen LogP contribution < -0.4 is 16.4 Å². The van der Waals surface area contributed by atoms with Crippen LogP contribution in [0.4, 0.5) is 0 Å². The molecule has 0 spiro atoms. The van der Waals surface area contributed by atoms with E-state index < -0.39 is 23.9 Å². The fourth-order valence-electron chi connectivity index (χ4n) is 3.34. The van der Waals surface area contributed by atoms with Crippen molar-refractivity contribution in [1.82, 2.24) is 30.4 Å². The first-order valence-corrected chi connectivity index (χ1v) is 9.14. The van der Waals surface area contributed by atoms with Crippen LogP contribution in [0.15, 0.2) is 18.6 Å². The highest BCUT2D eigenvalue weighted by Crippen LogP contribution is 2.15. The summed E-state index contributed by atoms with van der Waals surface area (Å²) in [6.45, 7) is 0.802. The molecule has 28 heavy (non-hydrogen) atoms. The Labute approximate surface area is 161 Å². The van der Waals surface area contributed by atoms with Gasteiger partial charge in [-0.2, -0.15) is 0 Å². The van der Waals surface area contributed by atoms with Gasteiger partial charge in [0.05, 0.1) is 19.3 Å². The van der Waals surface area contributed by atoms with Gasteiger partial charge < -0.3 is 26.2 Å². The van der Waals surface area contributed by atoms with Crippen LogP contribution in [-0.2, 0) is 14.4 Å². The van der Waals surface area contributed by atoms with Crippen molar-refractivity contribution in [3.8, 4) is 0 Å². The van der Waals surface area contributed by atoms with Crippen molar-refractivity contribution in [2.75, 3.05) is 32.7 Å². The normalized spacial score (nSPS) is 22.4. The van der Waals surface area contributed by atoms with E-state index in [1.807, 2.05) is 0 Å². The summed E-state index contributed by atoms with van der Waals surface area (Å²) in [6, 6.07) is -1.61. The molecule has 4 N–H and O–H groups in total. The zero-order chi connectivity index (χ0) is 20.1. The average Bonchev–Trinajstić information content (AvgIpc) is 2.74. The lowest BCUT2D eigenvalue weighted by Gasteiger charge is -2.40. The summed E-state index contributed by atoms with van der Waals surface area (Å²) in [4.78, 5) is 60.4. The maximum Gasteiger partial charge on any atom is 0.274 e. The van der Waals surface area contributed by atoms with Gasteiger partial charge in [0, 0.05) is 32.0 Å². The van der Waals surface area contributed by atoms with E-state index in [0.29, 0.717) is 13.0 Å². The SMILES string of the molecule is NCC(=O)N1CCN(C(=O)c2cnccn2)[C@H](C(=O)N[C@@H]2CCCNC2=O)C1. The van der Waals surface area contributed by atoms with Gasteiger partial charge in [-0.05, 0) is 12.8 Å². The van der Waals surface area contributed by atoms with Crippen LogP contribution in [-0.4, -0.2) is 88.2 Å². The van der Waals surface area contributed by atoms with Crippen molar-refractivity contribution in [3.05, 3.63) is 24.3 Å². The minimum absolute atomic E-state index is 0.00219. The number of hydrogen-bond donors (Lipinski definition) is 3. The van der Waals surface area contributed by atoms with Gasteiger partial charge in [-0.25, -0.2) is 4.98 Å². The van der Waals surface area contributed by atoms with Crippen molar-refractivity contribution < 1.29 is 19.2 Å². The second-order valence-electron chi connectivity index (χ2n) is 6.64. The molecule has 2 aliphatic rings. The van der Waals surface area contributed by atoms with E-state index in [2.05, 4.69) is 20.6 Å². The van der Waals surface area contributed by atoms with Gasteiger partial charge in [-0.15, -0.1) is 0 Å². The molecule has 4 amide bonds. The van der Waals surface area contributed by atoms with Gasteiger partial charge in [0.15, 0.2) is 0 Å². The van der Waals surface area contributed by atoms with Crippen LogP contribution in [0.1, 0.15) is 23.3 Å². The molecule has 1 aromatic rings. The molecule has 11 nitrogen and oxygen atoms in total. The molecule has 1 aromatic heterocycles. The maximum atomic E-state index is 12.9. The monoisotopic (exact) mass is 389 g/mol. The Hall–Kier alpha value is -3.08. The second kappa shape index (κ2) is 8.74. The number of aromatic nitrogens is 2. The van der Waals surface area contributed by atoms with Crippen molar-refractivity contribution in [2.45, 2.75) is 24.9 Å². The zero-order valence-electron chi connectivity index (χ0n) is 15.3. The molecule has 2 aliphatic heterocycles. The van der Waals surface area contributed by atoms with Crippen LogP contribution in [0.3, 0.4) is 0 Å². The molecule has 2 saturated heterocycles. The quantitative estimate of drug-likeness (QED) is 0.514. The number of carbonyl (C=O) groups is 4. The second-order valence-corrected chi connectivity index (χ2v) is 6.64. The molecule has 0 saturated carbocycles. The van der Waals surface area contributed by atoms with E-state index in [9.17, 15) is 19.2 Å². The first kappa shape index (κ1) is 19.7. The molecule has 0 aromatic carbocycles. The first-order chi connectivity index (χ1) is 13.5. The summed E-state index contributed by atoms with van der Waals surface area (Å²) in [5.74, 6) is -1.51. The third-order valence-corrected chi connectivity index (χ3v) is 4.86. The molecule has 150 valence electrons. The Kier molecular flexibility index (Phi) is 6.14. The van der Waals surface area contributed by atoms with Crippen molar-refractivity contribution in [3.63, 3.8) is 0 Å². The minimum atomic E-state index is -0.950. The number of rotatable bonds is 4. The predicted octanol–water partition coefficient (Wildman–Crippen LogP) is -2.52. The molecule has 3 heterocycles. The maximum absolute atomic E-state index is 12.9. The van der Waals surface area contributed by atoms with Crippen molar-refractivity contribution in [2.24, 2.45) is 5.73 Å². The van der Waals surface area contributed by atoms with Crippen molar-refractivity contribution >= 4 is 23.6 Å². The number of nitrogens with one attached hydrogen (secondary N) is 2. The topological polar surface area (TPSA) is 151 Å². The molecule has 11 heteroatoms. The molecule has 0 bridgehead atoms. The van der Waals surface area contributed by atoms with Gasteiger partial charge in [0.2, 0.25) is 17.7 Å². The van der Waals surface area contributed by atoms with Gasteiger partial charge in [0.1, 0.15) is 17.8 Å². The van der Waals surface area contributed by atoms with Crippen LogP contribution in [0.2, 0.25) is 0 Å². The predicted molar refractivity (Wildman–Crippen MR) is 96.7 cm³/mol. The van der Waals surface area contributed by atoms with Crippen LogP contribution in [0, 0.1) is 0 Å². The standard InChI is InChI=1S/C17H23N7O4/c18-8-14(25)23-6-7-24(17(28)12-9-19-4-5-20-12)13(10-23)16(27)22-11-2-1-3-21-15(11)26/h4-5,9,11,13H,1-3,6-8,10,18H2,(H,21,26)(H,22,27)/t11-,13+/m1/s1. The molecule has 0 radical (unpaired) electrons. The molecule has 0 unspecified atom stereocenters. The molecular weight excluding hydrogens is 366 g/mol. The fraction of sp³-hybridized carbons (Fsp3) is 0.529. The van der Waals surface area contributed by atoms with E-state index in [1.165, 1.54) is 28.4 Å². The number of piperazine rings is 1. The Morgan fingerprint density at radius 1 is 1.29 bits per heavy atom. The van der Waals surface area contributed by atoms with E-state index in [-0.39, 0.29) is 43.7 Å². The van der Waals surface area contributed by atoms with Crippen LogP contribution in [0.5, 0.6) is 0 Å². The lowest BCUT2D eigenvalue weighted by atomic mass is 10.0. The van der Waals surface area contributed by atoms with Gasteiger partial charge in [0.25, 0.3) is 5.91 Å². The Morgan fingerprint density at radius 3 is 2.79 bits per heavy atom.